The number of hydrogen-bond donors (Lipinski definition) is 1. The standard InChI is InChI=1S/C16H17NO5S.Na/c1-16(2)12(15(21)22)17-13(20)9(14(17)23-16)11(19)10(18)8-6-4-3-5-7-8;/h3-7,9,11-12,14,19H,1-2H3,(H,21,22);/q;+1/p-1/t9-,11?,12+,14-;/m1./s1. The van der Waals surface area contributed by atoms with Gasteiger partial charge in [-0.1, -0.05) is 30.3 Å². The number of fused-ring (bicyclic) bond motifs is 1. The second kappa shape index (κ2) is 6.80. The van der Waals surface area contributed by atoms with E-state index in [0.29, 0.717) is 5.56 Å². The van der Waals surface area contributed by atoms with Crippen LogP contribution in [0.1, 0.15) is 24.2 Å². The SMILES string of the molecule is CC1(C)S[C@@H]2[C@H](C(O)C(=O)c3ccccc3)C(=O)N2[C@H]1C(=O)[O-].[Na+]. The molecule has 0 radical (unpaired) electrons. The molecule has 122 valence electrons. The molecule has 0 bridgehead atoms. The van der Waals surface area contributed by atoms with Crippen molar-refractivity contribution in [1.29, 1.82) is 0 Å². The first kappa shape index (κ1) is 19.5. The van der Waals surface area contributed by atoms with Crippen molar-refractivity contribution < 1.29 is 54.2 Å². The van der Waals surface area contributed by atoms with E-state index in [1.54, 1.807) is 44.2 Å². The fourth-order valence-corrected chi connectivity index (χ4v) is 4.96. The Labute approximate surface area is 165 Å². The van der Waals surface area contributed by atoms with Crippen molar-refractivity contribution in [2.24, 2.45) is 5.92 Å². The number of thioether (sulfide) groups is 1. The molecule has 2 heterocycles. The normalized spacial score (nSPS) is 28.4. The monoisotopic (exact) mass is 357 g/mol. The predicted molar refractivity (Wildman–Crippen MR) is 81.4 cm³/mol. The van der Waals surface area contributed by atoms with Crippen LogP contribution in [0, 0.1) is 5.92 Å². The number of aliphatic carboxylic acids is 1. The van der Waals surface area contributed by atoms with Gasteiger partial charge in [-0.2, -0.15) is 0 Å². The molecule has 1 N–H and O–H groups in total. The van der Waals surface area contributed by atoms with Crippen LogP contribution in [0.25, 0.3) is 0 Å². The van der Waals surface area contributed by atoms with Crippen LogP contribution in [0.15, 0.2) is 30.3 Å². The number of rotatable bonds is 4. The number of β-lactam (4-membered cyclic amide) rings is 1. The average Bonchev–Trinajstić information content (AvgIpc) is 2.75. The van der Waals surface area contributed by atoms with E-state index in [4.69, 9.17) is 0 Å². The number of aliphatic hydroxyl groups is 1. The van der Waals surface area contributed by atoms with Crippen molar-refractivity contribution in [3.05, 3.63) is 35.9 Å². The third kappa shape index (κ3) is 2.93. The maximum absolute atomic E-state index is 12.3. The Kier molecular flexibility index (Phi) is 5.52. The van der Waals surface area contributed by atoms with Crippen LogP contribution in [0.3, 0.4) is 0 Å². The minimum Gasteiger partial charge on any atom is -0.548 e. The number of benzene rings is 1. The summed E-state index contributed by atoms with van der Waals surface area (Å²) in [5.41, 5.74) is 0.324. The second-order valence-corrected chi connectivity index (χ2v) is 8.05. The van der Waals surface area contributed by atoms with Gasteiger partial charge in [0.2, 0.25) is 5.91 Å². The van der Waals surface area contributed by atoms with Crippen LogP contribution in [-0.4, -0.2) is 49.9 Å². The van der Waals surface area contributed by atoms with E-state index in [-0.39, 0.29) is 29.6 Å². The van der Waals surface area contributed by atoms with E-state index in [9.17, 15) is 24.6 Å². The predicted octanol–water partition coefficient (Wildman–Crippen LogP) is -3.34. The van der Waals surface area contributed by atoms with Gasteiger partial charge in [0.1, 0.15) is 12.0 Å². The topological polar surface area (TPSA) is 97.7 Å². The molecule has 24 heavy (non-hydrogen) atoms. The zero-order valence-corrected chi connectivity index (χ0v) is 16.4. The summed E-state index contributed by atoms with van der Waals surface area (Å²) < 4.78 is -0.733. The molecule has 1 amide bonds. The van der Waals surface area contributed by atoms with Crippen LogP contribution >= 0.6 is 11.8 Å². The Morgan fingerprint density at radius 3 is 2.42 bits per heavy atom. The third-order valence-electron chi connectivity index (χ3n) is 4.37. The van der Waals surface area contributed by atoms with Gasteiger partial charge >= 0.3 is 29.6 Å². The van der Waals surface area contributed by atoms with Gasteiger partial charge in [-0.25, -0.2) is 0 Å². The zero-order valence-electron chi connectivity index (χ0n) is 13.6. The summed E-state index contributed by atoms with van der Waals surface area (Å²) in [6, 6.07) is 7.19. The number of nitrogens with zero attached hydrogens (tertiary/aromatic N) is 1. The summed E-state index contributed by atoms with van der Waals surface area (Å²) in [7, 11) is 0. The maximum atomic E-state index is 12.3. The number of carbonyl (C=O) groups excluding carboxylic acids is 3. The number of ketones is 1. The number of carboxylic acids is 1. The summed E-state index contributed by atoms with van der Waals surface area (Å²) >= 11 is 1.28. The van der Waals surface area contributed by atoms with Crippen LogP contribution < -0.4 is 34.7 Å². The summed E-state index contributed by atoms with van der Waals surface area (Å²) in [5.74, 6) is -3.28. The van der Waals surface area contributed by atoms with Crippen molar-refractivity contribution >= 4 is 29.4 Å². The molecular formula is C16H16NNaO5S. The van der Waals surface area contributed by atoms with Crippen LogP contribution in [0.2, 0.25) is 0 Å². The van der Waals surface area contributed by atoms with Gasteiger partial charge in [-0.3, -0.25) is 9.59 Å². The largest absolute Gasteiger partial charge is 1.00 e. The van der Waals surface area contributed by atoms with Gasteiger partial charge in [-0.05, 0) is 13.8 Å². The number of carboxylic acid groups (broad SMARTS) is 1. The van der Waals surface area contributed by atoms with E-state index in [1.807, 2.05) is 0 Å². The molecule has 6 nitrogen and oxygen atoms in total. The Morgan fingerprint density at radius 1 is 1.29 bits per heavy atom. The molecule has 0 aromatic heterocycles. The Balaban J connectivity index is 0.00000208. The van der Waals surface area contributed by atoms with E-state index in [1.165, 1.54) is 16.7 Å². The van der Waals surface area contributed by atoms with E-state index >= 15 is 0 Å². The second-order valence-electron chi connectivity index (χ2n) is 6.28. The van der Waals surface area contributed by atoms with Crippen molar-refractivity contribution in [2.45, 2.75) is 36.1 Å². The molecule has 1 aromatic carbocycles. The van der Waals surface area contributed by atoms with Gasteiger partial charge in [-0.15, -0.1) is 11.8 Å². The first-order valence-corrected chi connectivity index (χ1v) is 8.12. The summed E-state index contributed by atoms with van der Waals surface area (Å²) in [5, 5.41) is 21.1. The summed E-state index contributed by atoms with van der Waals surface area (Å²) in [4.78, 5) is 37.2. The molecular weight excluding hydrogens is 341 g/mol. The minimum absolute atomic E-state index is 0. The molecule has 1 aromatic rings. The molecule has 2 fully saturated rings. The number of aliphatic hydroxyl groups excluding tert-OH is 1. The van der Waals surface area contributed by atoms with E-state index in [0.717, 1.165) is 0 Å². The zero-order chi connectivity index (χ0) is 16.9. The fraction of sp³-hybridized carbons (Fsp3) is 0.438. The molecule has 8 heteroatoms. The molecule has 2 aliphatic heterocycles. The molecule has 3 rings (SSSR count). The summed E-state index contributed by atoms with van der Waals surface area (Å²) in [6.07, 6.45) is -1.48. The molecule has 2 aliphatic rings. The molecule has 4 atom stereocenters. The Hall–Kier alpha value is -0.860. The number of hydrogen-bond acceptors (Lipinski definition) is 6. The smallest absolute Gasteiger partial charge is 0.548 e. The summed E-state index contributed by atoms with van der Waals surface area (Å²) in [6.45, 7) is 3.43. The third-order valence-corrected chi connectivity index (χ3v) is 5.97. The maximum Gasteiger partial charge on any atom is 1.00 e. The number of Topliss-reactive ketones (excluding diaryl/α,β-unsaturated/α-hetero) is 1. The molecule has 1 unspecified atom stereocenters. The van der Waals surface area contributed by atoms with Gasteiger partial charge in [0, 0.05) is 10.3 Å². The number of carbonyl (C=O) groups is 3. The van der Waals surface area contributed by atoms with Gasteiger partial charge < -0.3 is 19.9 Å². The van der Waals surface area contributed by atoms with Crippen LogP contribution in [0.4, 0.5) is 0 Å². The van der Waals surface area contributed by atoms with E-state index < -0.39 is 45.8 Å². The molecule has 0 spiro atoms. The first-order chi connectivity index (χ1) is 10.8. The van der Waals surface area contributed by atoms with Crippen molar-refractivity contribution in [3.63, 3.8) is 0 Å². The van der Waals surface area contributed by atoms with Crippen molar-refractivity contribution in [3.8, 4) is 0 Å². The molecule has 2 saturated heterocycles. The van der Waals surface area contributed by atoms with Gasteiger partial charge in [0.05, 0.1) is 17.4 Å². The van der Waals surface area contributed by atoms with E-state index in [2.05, 4.69) is 0 Å². The molecule has 0 saturated carbocycles. The fourth-order valence-electron chi connectivity index (χ4n) is 3.25. The van der Waals surface area contributed by atoms with Crippen LogP contribution in [-0.2, 0) is 9.59 Å². The number of amides is 1. The first-order valence-electron chi connectivity index (χ1n) is 7.24. The van der Waals surface area contributed by atoms with Gasteiger partial charge in [0.15, 0.2) is 5.78 Å². The Morgan fingerprint density at radius 2 is 1.88 bits per heavy atom. The van der Waals surface area contributed by atoms with Crippen molar-refractivity contribution in [2.75, 3.05) is 0 Å². The molecule has 0 aliphatic carbocycles. The quantitative estimate of drug-likeness (QED) is 0.344. The van der Waals surface area contributed by atoms with Gasteiger partial charge in [0.25, 0.3) is 0 Å². The average molecular weight is 357 g/mol. The minimum atomic E-state index is -1.48. The van der Waals surface area contributed by atoms with Crippen LogP contribution in [0.5, 0.6) is 0 Å². The van der Waals surface area contributed by atoms with Crippen molar-refractivity contribution in [1.82, 2.24) is 4.90 Å². The Bertz CT molecular complexity index is 680.